The lowest BCUT2D eigenvalue weighted by atomic mass is 10.1. The smallest absolute Gasteiger partial charge is 0.201 e. The molecule has 0 amide bonds. The molecule has 0 aliphatic carbocycles. The van der Waals surface area contributed by atoms with Gasteiger partial charge in [-0.25, -0.2) is 0 Å². The largest absolute Gasteiger partial charge is 0.375 e. The van der Waals surface area contributed by atoms with Gasteiger partial charge < -0.3 is 5.11 Å². The van der Waals surface area contributed by atoms with E-state index < -0.39 is 4.11 Å². The Morgan fingerprint density at radius 2 is 1.92 bits per heavy atom. The molecule has 0 unspecified atom stereocenters. The van der Waals surface area contributed by atoms with E-state index in [1.54, 1.807) is 46.9 Å². The number of aliphatic hydroxyl groups is 1. The van der Waals surface area contributed by atoms with Gasteiger partial charge >= 0.3 is 0 Å². The summed E-state index contributed by atoms with van der Waals surface area (Å²) in [5.41, 5.74) is 0.509. The molecule has 0 saturated carbocycles. The third-order valence-electron chi connectivity index (χ3n) is 1.37. The van der Waals surface area contributed by atoms with E-state index >= 15 is 0 Å². The molecule has 1 atom stereocenters. The van der Waals surface area contributed by atoms with Crippen LogP contribution in [0.5, 0.6) is 0 Å². The van der Waals surface area contributed by atoms with Crippen LogP contribution in [0.2, 0.25) is 0 Å². The van der Waals surface area contributed by atoms with Gasteiger partial charge in [-0.1, -0.05) is 12.1 Å². The highest BCUT2D eigenvalue weighted by Gasteiger charge is 2.12. The van der Waals surface area contributed by atoms with Crippen LogP contribution in [0.4, 0.5) is 0 Å². The first-order valence-corrected chi connectivity index (χ1v) is 4.96. The number of benzene rings is 1. The minimum atomic E-state index is -0.964. The van der Waals surface area contributed by atoms with Crippen LogP contribution in [-0.4, -0.2) is 15.0 Å². The Balaban J connectivity index is 2.90. The highest BCUT2D eigenvalue weighted by molar-refractivity contribution is 14.1. The normalized spacial score (nSPS) is 12.6. The Labute approximate surface area is 89.5 Å². The first-order valence-electron chi connectivity index (χ1n) is 3.26. The van der Waals surface area contributed by atoms with E-state index in [2.05, 4.69) is 12.6 Å². The summed E-state index contributed by atoms with van der Waals surface area (Å²) in [6.45, 7) is 0. The number of thiol groups is 1. The number of alkyl halides is 1. The molecule has 1 aromatic rings. The lowest BCUT2D eigenvalue weighted by Gasteiger charge is -2.01. The van der Waals surface area contributed by atoms with E-state index in [9.17, 15) is 4.79 Å². The molecule has 2 nitrogen and oxygen atoms in total. The van der Waals surface area contributed by atoms with Gasteiger partial charge in [-0.2, -0.15) is 0 Å². The minimum Gasteiger partial charge on any atom is -0.375 e. The zero-order chi connectivity index (χ0) is 9.14. The zero-order valence-corrected chi connectivity index (χ0v) is 9.12. The molecule has 0 aliphatic rings. The molecule has 0 aromatic heterocycles. The third kappa shape index (κ3) is 2.46. The lowest BCUT2D eigenvalue weighted by Crippen LogP contribution is -2.12. The molecule has 0 radical (unpaired) electrons. The van der Waals surface area contributed by atoms with Gasteiger partial charge in [-0.15, -0.1) is 12.6 Å². The maximum atomic E-state index is 11.2. The Kier molecular flexibility index (Phi) is 3.54. The topological polar surface area (TPSA) is 37.3 Å². The Morgan fingerprint density at radius 3 is 2.33 bits per heavy atom. The summed E-state index contributed by atoms with van der Waals surface area (Å²) < 4.78 is -0.964. The molecule has 1 N–H and O–H groups in total. The summed E-state index contributed by atoms with van der Waals surface area (Å²) >= 11 is 5.74. The molecule has 0 aliphatic heterocycles. The highest BCUT2D eigenvalue weighted by Crippen LogP contribution is 2.11. The second-order valence-electron chi connectivity index (χ2n) is 2.25. The number of hydrogen-bond acceptors (Lipinski definition) is 3. The standard InChI is InChI=1S/C8H7IO2S/c9-8(11)7(10)5-1-3-6(12)4-2-5/h1-4,8,11-12H/t8-/m0/s1. The van der Waals surface area contributed by atoms with Crippen molar-refractivity contribution >= 4 is 41.0 Å². The molecular formula is C8H7IO2S. The molecule has 0 heterocycles. The average Bonchev–Trinajstić information content (AvgIpc) is 2.04. The summed E-state index contributed by atoms with van der Waals surface area (Å²) in [7, 11) is 0. The van der Waals surface area contributed by atoms with Gasteiger partial charge in [-0.3, -0.25) is 4.79 Å². The van der Waals surface area contributed by atoms with Crippen LogP contribution >= 0.6 is 35.2 Å². The molecule has 4 heteroatoms. The summed E-state index contributed by atoms with van der Waals surface area (Å²) in [6, 6.07) is 6.73. The van der Waals surface area contributed by atoms with Crippen molar-refractivity contribution < 1.29 is 9.90 Å². The van der Waals surface area contributed by atoms with Gasteiger partial charge in [0.2, 0.25) is 5.78 Å². The van der Waals surface area contributed by atoms with Crippen molar-refractivity contribution in [3.8, 4) is 0 Å². The fraction of sp³-hybridized carbons (Fsp3) is 0.125. The highest BCUT2D eigenvalue weighted by atomic mass is 127. The molecule has 0 bridgehead atoms. The number of halogens is 1. The fourth-order valence-corrected chi connectivity index (χ4v) is 1.27. The minimum absolute atomic E-state index is 0.274. The second kappa shape index (κ2) is 4.25. The van der Waals surface area contributed by atoms with Crippen molar-refractivity contribution in [2.45, 2.75) is 9.01 Å². The molecule has 1 rings (SSSR count). The van der Waals surface area contributed by atoms with Crippen LogP contribution in [-0.2, 0) is 0 Å². The van der Waals surface area contributed by atoms with Crippen LogP contribution in [0.15, 0.2) is 29.2 Å². The third-order valence-corrected chi connectivity index (χ3v) is 2.23. The maximum Gasteiger partial charge on any atom is 0.201 e. The number of ketones is 1. The van der Waals surface area contributed by atoms with E-state index in [-0.39, 0.29) is 5.78 Å². The monoisotopic (exact) mass is 294 g/mol. The van der Waals surface area contributed by atoms with Crippen molar-refractivity contribution in [3.05, 3.63) is 29.8 Å². The average molecular weight is 294 g/mol. The van der Waals surface area contributed by atoms with E-state index in [1.807, 2.05) is 0 Å². The van der Waals surface area contributed by atoms with Crippen LogP contribution in [0.1, 0.15) is 10.4 Å². The van der Waals surface area contributed by atoms with Crippen molar-refractivity contribution in [1.29, 1.82) is 0 Å². The van der Waals surface area contributed by atoms with Crippen LogP contribution in [0.3, 0.4) is 0 Å². The SMILES string of the molecule is O=C(c1ccc(S)cc1)[C@H](O)I. The molecule has 0 fully saturated rings. The molecule has 12 heavy (non-hydrogen) atoms. The Bertz CT molecular complexity index is 282. The quantitative estimate of drug-likeness (QED) is 0.378. The molecule has 1 aromatic carbocycles. The molecule has 0 saturated heterocycles. The van der Waals surface area contributed by atoms with E-state index in [4.69, 9.17) is 5.11 Å². The van der Waals surface area contributed by atoms with Gasteiger partial charge in [0.05, 0.1) is 0 Å². The van der Waals surface area contributed by atoms with Gasteiger partial charge in [0.15, 0.2) is 4.11 Å². The van der Waals surface area contributed by atoms with Crippen molar-refractivity contribution in [1.82, 2.24) is 0 Å². The number of carbonyl (C=O) groups is 1. The summed E-state index contributed by atoms with van der Waals surface area (Å²) in [4.78, 5) is 12.0. The summed E-state index contributed by atoms with van der Waals surface area (Å²) in [5, 5.41) is 8.96. The van der Waals surface area contributed by atoms with Gasteiger partial charge in [0.1, 0.15) is 0 Å². The van der Waals surface area contributed by atoms with Crippen LogP contribution < -0.4 is 0 Å². The Morgan fingerprint density at radius 1 is 1.42 bits per heavy atom. The predicted molar refractivity (Wildman–Crippen MR) is 58.1 cm³/mol. The van der Waals surface area contributed by atoms with Crippen molar-refractivity contribution in [2.24, 2.45) is 0 Å². The number of hydrogen-bond donors (Lipinski definition) is 2. The fourth-order valence-electron chi connectivity index (χ4n) is 0.763. The number of carbonyl (C=O) groups excluding carboxylic acids is 1. The number of Topliss-reactive ketones (excluding diaryl/α,β-unsaturated/α-hetero) is 1. The van der Waals surface area contributed by atoms with Crippen LogP contribution in [0.25, 0.3) is 0 Å². The van der Waals surface area contributed by atoms with Crippen molar-refractivity contribution in [2.75, 3.05) is 0 Å². The van der Waals surface area contributed by atoms with Gasteiger partial charge in [0.25, 0.3) is 0 Å². The maximum absolute atomic E-state index is 11.2. The molecule has 64 valence electrons. The van der Waals surface area contributed by atoms with Crippen molar-refractivity contribution in [3.63, 3.8) is 0 Å². The van der Waals surface area contributed by atoms with E-state index in [0.29, 0.717) is 5.56 Å². The van der Waals surface area contributed by atoms with Crippen LogP contribution in [0, 0.1) is 0 Å². The first kappa shape index (κ1) is 10.0. The summed E-state index contributed by atoms with van der Waals surface area (Å²) in [5.74, 6) is -0.274. The van der Waals surface area contributed by atoms with E-state index in [0.717, 1.165) is 4.90 Å². The predicted octanol–water partition coefficient (Wildman–Crippen LogP) is 1.91. The Hall–Kier alpha value is -0.0700. The summed E-state index contributed by atoms with van der Waals surface area (Å²) in [6.07, 6.45) is 0. The van der Waals surface area contributed by atoms with E-state index in [1.165, 1.54) is 0 Å². The first-order chi connectivity index (χ1) is 5.61. The number of rotatable bonds is 2. The molecule has 0 spiro atoms. The second-order valence-corrected chi connectivity index (χ2v) is 3.94. The molecular weight excluding hydrogens is 287 g/mol. The lowest BCUT2D eigenvalue weighted by molar-refractivity contribution is 0.0884. The number of aliphatic hydroxyl groups excluding tert-OH is 1. The van der Waals surface area contributed by atoms with Gasteiger partial charge in [-0.05, 0) is 34.7 Å². The van der Waals surface area contributed by atoms with Gasteiger partial charge in [0, 0.05) is 10.5 Å². The zero-order valence-electron chi connectivity index (χ0n) is 6.07.